The highest BCUT2D eigenvalue weighted by Crippen LogP contribution is 2.34. The van der Waals surface area contributed by atoms with Crippen molar-refractivity contribution in [3.8, 4) is 5.75 Å². The molecule has 0 aromatic heterocycles. The van der Waals surface area contributed by atoms with Gasteiger partial charge in [-0.05, 0) is 29.8 Å². The third-order valence-electron chi connectivity index (χ3n) is 2.84. The number of hydrogen-bond donors (Lipinski definition) is 3. The number of amides is 2. The Labute approximate surface area is 124 Å². The number of para-hydroxylation sites is 1. The average Bonchev–Trinajstić information content (AvgIpc) is 2.45. The van der Waals surface area contributed by atoms with E-state index in [2.05, 4.69) is 10.6 Å². The Balaban J connectivity index is 2.01. The first-order valence-corrected chi connectivity index (χ1v) is 6.35. The molecule has 0 atom stereocenters. The fraction of sp³-hybridized carbons (Fsp3) is 0.133. The van der Waals surface area contributed by atoms with Crippen molar-refractivity contribution in [3.05, 3.63) is 59.7 Å². The molecule has 0 fully saturated rings. The first-order chi connectivity index (χ1) is 10.4. The number of urea groups is 1. The lowest BCUT2D eigenvalue weighted by Gasteiger charge is -2.14. The van der Waals surface area contributed by atoms with Crippen molar-refractivity contribution in [3.63, 3.8) is 0 Å². The molecule has 0 radical (unpaired) electrons. The van der Waals surface area contributed by atoms with Gasteiger partial charge in [-0.25, -0.2) is 4.79 Å². The van der Waals surface area contributed by atoms with E-state index >= 15 is 0 Å². The van der Waals surface area contributed by atoms with Crippen LogP contribution in [0.4, 0.5) is 23.7 Å². The highest BCUT2D eigenvalue weighted by atomic mass is 19.4. The van der Waals surface area contributed by atoms with Crippen molar-refractivity contribution >= 4 is 11.7 Å². The Kier molecular flexibility index (Phi) is 4.55. The standard InChI is InChI=1S/C15H13F3N2O2/c16-15(17,18)12-6-1-2-7-13(12)20-14(22)19-9-10-4-3-5-11(21)8-10/h1-8,21H,9H2,(H2,19,20,22). The number of phenols is 1. The monoisotopic (exact) mass is 310 g/mol. The number of carbonyl (C=O) groups is 1. The van der Waals surface area contributed by atoms with Crippen LogP contribution >= 0.6 is 0 Å². The molecule has 3 N–H and O–H groups in total. The van der Waals surface area contributed by atoms with Gasteiger partial charge >= 0.3 is 12.2 Å². The number of halogens is 3. The van der Waals surface area contributed by atoms with Gasteiger partial charge in [0.25, 0.3) is 0 Å². The second kappa shape index (κ2) is 6.38. The first-order valence-electron chi connectivity index (χ1n) is 6.35. The molecule has 0 saturated carbocycles. The van der Waals surface area contributed by atoms with Crippen molar-refractivity contribution in [1.82, 2.24) is 5.32 Å². The van der Waals surface area contributed by atoms with E-state index in [1.54, 1.807) is 12.1 Å². The lowest BCUT2D eigenvalue weighted by atomic mass is 10.1. The maximum Gasteiger partial charge on any atom is 0.418 e. The molecule has 22 heavy (non-hydrogen) atoms. The topological polar surface area (TPSA) is 61.4 Å². The molecule has 0 aliphatic carbocycles. The molecule has 0 bridgehead atoms. The van der Waals surface area contributed by atoms with Crippen molar-refractivity contribution in [2.24, 2.45) is 0 Å². The lowest BCUT2D eigenvalue weighted by Crippen LogP contribution is -2.29. The third-order valence-corrected chi connectivity index (χ3v) is 2.84. The number of aromatic hydroxyl groups is 1. The summed E-state index contributed by atoms with van der Waals surface area (Å²) >= 11 is 0. The van der Waals surface area contributed by atoms with Crippen LogP contribution in [0.3, 0.4) is 0 Å². The molecule has 0 spiro atoms. The molecular weight excluding hydrogens is 297 g/mol. The minimum Gasteiger partial charge on any atom is -0.508 e. The van der Waals surface area contributed by atoms with Gasteiger partial charge in [0.05, 0.1) is 11.3 Å². The molecule has 0 heterocycles. The number of phenolic OH excluding ortho intramolecular Hbond substituents is 1. The third kappa shape index (κ3) is 4.15. The van der Waals surface area contributed by atoms with Crippen molar-refractivity contribution in [2.75, 3.05) is 5.32 Å². The SMILES string of the molecule is O=C(NCc1cccc(O)c1)Nc1ccccc1C(F)(F)F. The van der Waals surface area contributed by atoms with Crippen LogP contribution in [0.2, 0.25) is 0 Å². The van der Waals surface area contributed by atoms with Gasteiger partial charge in [-0.1, -0.05) is 24.3 Å². The number of anilines is 1. The van der Waals surface area contributed by atoms with Gasteiger partial charge in [0.2, 0.25) is 0 Å². The molecule has 0 saturated heterocycles. The number of hydrogen-bond acceptors (Lipinski definition) is 2. The van der Waals surface area contributed by atoms with E-state index in [1.165, 1.54) is 30.3 Å². The number of alkyl halides is 3. The van der Waals surface area contributed by atoms with E-state index in [4.69, 9.17) is 0 Å². The van der Waals surface area contributed by atoms with Crippen LogP contribution in [-0.4, -0.2) is 11.1 Å². The van der Waals surface area contributed by atoms with Crippen LogP contribution < -0.4 is 10.6 Å². The summed E-state index contributed by atoms with van der Waals surface area (Å²) in [5.41, 5.74) is -0.606. The minimum atomic E-state index is -4.55. The summed E-state index contributed by atoms with van der Waals surface area (Å²) in [6.45, 7) is 0.0778. The molecule has 0 unspecified atom stereocenters. The fourth-order valence-corrected chi connectivity index (χ4v) is 1.85. The molecule has 2 aromatic rings. The highest BCUT2D eigenvalue weighted by molar-refractivity contribution is 5.90. The van der Waals surface area contributed by atoms with Crippen molar-refractivity contribution in [1.29, 1.82) is 0 Å². The second-order valence-corrected chi connectivity index (χ2v) is 4.52. The number of nitrogens with one attached hydrogen (secondary N) is 2. The van der Waals surface area contributed by atoms with Gasteiger partial charge < -0.3 is 15.7 Å². The summed E-state index contributed by atoms with van der Waals surface area (Å²) in [5, 5.41) is 13.9. The fourth-order valence-electron chi connectivity index (χ4n) is 1.85. The molecular formula is C15H13F3N2O2. The molecule has 2 aromatic carbocycles. The van der Waals surface area contributed by atoms with Crippen LogP contribution in [0.25, 0.3) is 0 Å². The first kappa shape index (κ1) is 15.7. The predicted octanol–water partition coefficient (Wildman–Crippen LogP) is 3.73. The normalized spacial score (nSPS) is 11.0. The average molecular weight is 310 g/mol. The zero-order valence-electron chi connectivity index (χ0n) is 11.3. The molecule has 2 rings (SSSR count). The summed E-state index contributed by atoms with van der Waals surface area (Å²) in [7, 11) is 0. The van der Waals surface area contributed by atoms with Crippen molar-refractivity contribution < 1.29 is 23.1 Å². The Morgan fingerprint density at radius 3 is 2.50 bits per heavy atom. The summed E-state index contributed by atoms with van der Waals surface area (Å²) < 4.78 is 38.4. The molecule has 4 nitrogen and oxygen atoms in total. The molecule has 116 valence electrons. The molecule has 7 heteroatoms. The van der Waals surface area contributed by atoms with E-state index in [1.807, 2.05) is 0 Å². The summed E-state index contributed by atoms with van der Waals surface area (Å²) in [6.07, 6.45) is -4.55. The van der Waals surface area contributed by atoms with Gasteiger partial charge in [0, 0.05) is 6.54 Å². The molecule has 0 aliphatic heterocycles. The van der Waals surface area contributed by atoms with E-state index in [0.717, 1.165) is 6.07 Å². The Morgan fingerprint density at radius 1 is 1.09 bits per heavy atom. The Morgan fingerprint density at radius 2 is 1.82 bits per heavy atom. The van der Waals surface area contributed by atoms with Crippen LogP contribution in [0.15, 0.2) is 48.5 Å². The Bertz CT molecular complexity index is 672. The number of benzene rings is 2. The van der Waals surface area contributed by atoms with Gasteiger partial charge in [-0.15, -0.1) is 0 Å². The minimum absolute atomic E-state index is 0.0436. The zero-order valence-corrected chi connectivity index (χ0v) is 11.3. The van der Waals surface area contributed by atoms with Gasteiger partial charge in [-0.2, -0.15) is 13.2 Å². The highest BCUT2D eigenvalue weighted by Gasteiger charge is 2.33. The van der Waals surface area contributed by atoms with E-state index in [9.17, 15) is 23.1 Å². The molecule has 2 amide bonds. The van der Waals surface area contributed by atoms with Gasteiger partial charge in [0.1, 0.15) is 5.75 Å². The summed E-state index contributed by atoms with van der Waals surface area (Å²) in [5.74, 6) is 0.0436. The summed E-state index contributed by atoms with van der Waals surface area (Å²) in [4.78, 5) is 11.7. The zero-order chi connectivity index (χ0) is 16.2. The van der Waals surface area contributed by atoms with E-state index < -0.39 is 17.8 Å². The number of carbonyl (C=O) groups excluding carboxylic acids is 1. The smallest absolute Gasteiger partial charge is 0.418 e. The second-order valence-electron chi connectivity index (χ2n) is 4.52. The maximum absolute atomic E-state index is 12.8. The number of rotatable bonds is 3. The van der Waals surface area contributed by atoms with Crippen LogP contribution in [0, 0.1) is 0 Å². The lowest BCUT2D eigenvalue weighted by molar-refractivity contribution is -0.136. The van der Waals surface area contributed by atoms with Crippen molar-refractivity contribution in [2.45, 2.75) is 12.7 Å². The predicted molar refractivity (Wildman–Crippen MR) is 75.4 cm³/mol. The Hall–Kier alpha value is -2.70. The molecule has 0 aliphatic rings. The maximum atomic E-state index is 12.8. The van der Waals surface area contributed by atoms with E-state index in [0.29, 0.717) is 5.56 Å². The van der Waals surface area contributed by atoms with Gasteiger partial charge in [-0.3, -0.25) is 0 Å². The van der Waals surface area contributed by atoms with Crippen LogP contribution in [0.5, 0.6) is 5.75 Å². The quantitative estimate of drug-likeness (QED) is 0.809. The van der Waals surface area contributed by atoms with Crippen LogP contribution in [0.1, 0.15) is 11.1 Å². The largest absolute Gasteiger partial charge is 0.508 e. The van der Waals surface area contributed by atoms with Gasteiger partial charge in [0.15, 0.2) is 0 Å². The summed E-state index contributed by atoms with van der Waals surface area (Å²) in [6, 6.07) is 10.2. The van der Waals surface area contributed by atoms with Crippen LogP contribution in [-0.2, 0) is 12.7 Å². The van der Waals surface area contributed by atoms with E-state index in [-0.39, 0.29) is 18.0 Å².